The highest BCUT2D eigenvalue weighted by molar-refractivity contribution is 6.35. The lowest BCUT2D eigenvalue weighted by atomic mass is 10.3. The van der Waals surface area contributed by atoms with Gasteiger partial charge in [-0.05, 0) is 43.4 Å². The van der Waals surface area contributed by atoms with E-state index in [1.165, 1.54) is 0 Å². The Bertz CT molecular complexity index is 938. The van der Waals surface area contributed by atoms with Gasteiger partial charge in [-0.25, -0.2) is 9.13 Å². The minimum absolute atomic E-state index is 0.459. The van der Waals surface area contributed by atoms with Crippen molar-refractivity contribution in [3.05, 3.63) is 52.5 Å². The molecule has 0 unspecified atom stereocenters. The third-order valence-electron chi connectivity index (χ3n) is 5.02. The maximum Gasteiger partial charge on any atom is 0.356 e. The monoisotopic (exact) mass is 421 g/mol. The van der Waals surface area contributed by atoms with E-state index in [9.17, 15) is 0 Å². The standard InChI is InChI=1S/C21H26Cl2N4O/c1-3-25(4-2)11-12-26-18-7-5-6-8-19(18)27(21(26)24)13-14-28-20-10-9-16(22)15-17(20)23/h5-10,15,24H,3-4,11-14H2,1-2H3/p+1. The largest absolute Gasteiger partial charge is 0.489 e. The molecule has 2 aromatic carbocycles. The molecule has 0 spiro atoms. The average Bonchev–Trinajstić information content (AvgIpc) is 2.96. The number of benzene rings is 2. The molecule has 3 rings (SSSR count). The zero-order valence-corrected chi connectivity index (χ0v) is 17.9. The zero-order valence-electron chi connectivity index (χ0n) is 16.4. The first-order valence-electron chi connectivity index (χ1n) is 9.61. The van der Waals surface area contributed by atoms with E-state index in [2.05, 4.69) is 40.0 Å². The summed E-state index contributed by atoms with van der Waals surface area (Å²) in [6.45, 7) is 9.33. The zero-order chi connectivity index (χ0) is 20.1. The lowest BCUT2D eigenvalue weighted by Crippen LogP contribution is -2.42. The molecule has 1 heterocycles. The minimum atomic E-state index is 0.459. The van der Waals surface area contributed by atoms with Crippen LogP contribution in [0.3, 0.4) is 0 Å². The summed E-state index contributed by atoms with van der Waals surface area (Å²) in [5.74, 6) is 1.36. The molecular formula is C21H27Cl2N4O+. The van der Waals surface area contributed by atoms with Gasteiger partial charge in [-0.3, -0.25) is 5.73 Å². The van der Waals surface area contributed by atoms with Crippen LogP contribution in [0.15, 0.2) is 42.5 Å². The lowest BCUT2D eigenvalue weighted by Gasteiger charge is -2.17. The van der Waals surface area contributed by atoms with Crippen LogP contribution >= 0.6 is 23.2 Å². The molecular weight excluding hydrogens is 395 g/mol. The maximum atomic E-state index is 6.52. The van der Waals surface area contributed by atoms with E-state index in [0.29, 0.717) is 28.9 Å². The number of rotatable bonds is 9. The molecule has 0 aliphatic rings. The molecule has 3 aromatic rings. The highest BCUT2D eigenvalue weighted by atomic mass is 35.5. The first-order valence-corrected chi connectivity index (χ1v) is 10.4. The van der Waals surface area contributed by atoms with E-state index in [-0.39, 0.29) is 0 Å². The highest BCUT2D eigenvalue weighted by Crippen LogP contribution is 2.27. The Balaban J connectivity index is 1.78. The van der Waals surface area contributed by atoms with E-state index in [0.717, 1.165) is 43.2 Å². The molecule has 0 radical (unpaired) electrons. The normalized spacial score (nSPS) is 11.5. The van der Waals surface area contributed by atoms with Crippen LogP contribution in [0.2, 0.25) is 10.0 Å². The number of nitrogens with two attached hydrogens (primary N) is 1. The Morgan fingerprint density at radius 2 is 1.86 bits per heavy atom. The summed E-state index contributed by atoms with van der Waals surface area (Å²) >= 11 is 12.1. The van der Waals surface area contributed by atoms with E-state index < -0.39 is 0 Å². The van der Waals surface area contributed by atoms with Gasteiger partial charge in [0.2, 0.25) is 0 Å². The fourth-order valence-corrected chi connectivity index (χ4v) is 3.87. The Labute approximate surface area is 176 Å². The second-order valence-corrected chi connectivity index (χ2v) is 7.44. The van der Waals surface area contributed by atoms with Crippen molar-refractivity contribution in [2.75, 3.05) is 32.0 Å². The van der Waals surface area contributed by atoms with E-state index in [1.807, 2.05) is 12.1 Å². The number of anilines is 1. The van der Waals surface area contributed by atoms with Crippen LogP contribution in [0.1, 0.15) is 13.8 Å². The molecule has 28 heavy (non-hydrogen) atoms. The average molecular weight is 422 g/mol. The molecule has 0 saturated heterocycles. The first-order chi connectivity index (χ1) is 13.5. The van der Waals surface area contributed by atoms with Crippen LogP contribution < -0.4 is 15.0 Å². The van der Waals surface area contributed by atoms with Crippen LogP contribution in [-0.2, 0) is 13.1 Å². The number of aromatic nitrogens is 2. The van der Waals surface area contributed by atoms with Crippen molar-refractivity contribution >= 4 is 40.2 Å². The fraction of sp³-hybridized carbons (Fsp3) is 0.381. The van der Waals surface area contributed by atoms with Gasteiger partial charge in [-0.15, -0.1) is 0 Å². The van der Waals surface area contributed by atoms with Crippen molar-refractivity contribution < 1.29 is 9.30 Å². The second-order valence-electron chi connectivity index (χ2n) is 6.60. The number of para-hydroxylation sites is 2. The van der Waals surface area contributed by atoms with E-state index in [1.54, 1.807) is 18.2 Å². The number of nitrogens with zero attached hydrogens (tertiary/aromatic N) is 3. The topological polar surface area (TPSA) is 47.3 Å². The van der Waals surface area contributed by atoms with Crippen molar-refractivity contribution in [3.8, 4) is 5.75 Å². The van der Waals surface area contributed by atoms with Gasteiger partial charge < -0.3 is 9.64 Å². The van der Waals surface area contributed by atoms with Gasteiger partial charge in [-0.1, -0.05) is 49.2 Å². The van der Waals surface area contributed by atoms with Crippen molar-refractivity contribution in [3.63, 3.8) is 0 Å². The van der Waals surface area contributed by atoms with Gasteiger partial charge >= 0.3 is 5.95 Å². The molecule has 7 heteroatoms. The van der Waals surface area contributed by atoms with Crippen LogP contribution in [-0.4, -0.2) is 35.7 Å². The summed E-state index contributed by atoms with van der Waals surface area (Å²) in [7, 11) is 0. The van der Waals surface area contributed by atoms with Crippen LogP contribution in [0.25, 0.3) is 11.0 Å². The van der Waals surface area contributed by atoms with Crippen molar-refractivity contribution in [2.45, 2.75) is 26.9 Å². The van der Waals surface area contributed by atoms with Crippen molar-refractivity contribution in [2.24, 2.45) is 0 Å². The predicted molar refractivity (Wildman–Crippen MR) is 116 cm³/mol. The molecule has 0 bridgehead atoms. The van der Waals surface area contributed by atoms with Crippen LogP contribution in [0.4, 0.5) is 5.95 Å². The van der Waals surface area contributed by atoms with Gasteiger partial charge in [0.05, 0.1) is 11.6 Å². The Hall–Kier alpha value is -1.95. The summed E-state index contributed by atoms with van der Waals surface area (Å²) in [5.41, 5.74) is 8.76. The number of fused-ring (bicyclic) bond motifs is 1. The predicted octanol–water partition coefficient (Wildman–Crippen LogP) is 4.24. The summed E-state index contributed by atoms with van der Waals surface area (Å²) < 4.78 is 10.1. The highest BCUT2D eigenvalue weighted by Gasteiger charge is 2.21. The minimum Gasteiger partial charge on any atom is -0.489 e. The summed E-state index contributed by atoms with van der Waals surface area (Å²) in [6.07, 6.45) is 0. The van der Waals surface area contributed by atoms with E-state index in [4.69, 9.17) is 33.7 Å². The fourth-order valence-electron chi connectivity index (χ4n) is 3.40. The van der Waals surface area contributed by atoms with Gasteiger partial charge in [0.25, 0.3) is 0 Å². The molecule has 2 N–H and O–H groups in total. The number of likely N-dealkylation sites (N-methyl/N-ethyl adjacent to an activating group) is 1. The molecule has 1 aromatic heterocycles. The quantitative estimate of drug-likeness (QED) is 0.525. The number of hydrogen-bond donors (Lipinski definition) is 1. The van der Waals surface area contributed by atoms with E-state index >= 15 is 0 Å². The Kier molecular flexibility index (Phi) is 7.05. The summed E-state index contributed by atoms with van der Waals surface area (Å²) in [5, 5.41) is 1.10. The Morgan fingerprint density at radius 3 is 2.57 bits per heavy atom. The smallest absolute Gasteiger partial charge is 0.356 e. The van der Waals surface area contributed by atoms with Gasteiger partial charge in [0.15, 0.2) is 0 Å². The third kappa shape index (κ3) is 4.54. The number of ether oxygens (including phenoxy) is 1. The number of hydrogen-bond acceptors (Lipinski definition) is 3. The van der Waals surface area contributed by atoms with Crippen LogP contribution in [0, 0.1) is 0 Å². The number of imidazole rings is 1. The molecule has 0 atom stereocenters. The van der Waals surface area contributed by atoms with Gasteiger partial charge in [0, 0.05) is 11.6 Å². The summed E-state index contributed by atoms with van der Waals surface area (Å²) in [6, 6.07) is 13.5. The van der Waals surface area contributed by atoms with Crippen molar-refractivity contribution in [1.82, 2.24) is 9.47 Å². The van der Waals surface area contributed by atoms with Gasteiger partial charge in [0.1, 0.15) is 29.9 Å². The molecule has 0 fully saturated rings. The molecule has 0 amide bonds. The first kappa shape index (κ1) is 20.8. The molecule has 150 valence electrons. The molecule has 0 aliphatic heterocycles. The van der Waals surface area contributed by atoms with Crippen molar-refractivity contribution in [1.29, 1.82) is 0 Å². The lowest BCUT2D eigenvalue weighted by molar-refractivity contribution is -0.657. The number of nitrogen functional groups attached to an aromatic ring is 1. The summed E-state index contributed by atoms with van der Waals surface area (Å²) in [4.78, 5) is 2.39. The molecule has 5 nitrogen and oxygen atoms in total. The number of halogens is 2. The van der Waals surface area contributed by atoms with Crippen LogP contribution in [0.5, 0.6) is 5.75 Å². The maximum absolute atomic E-state index is 6.52. The molecule has 0 aliphatic carbocycles. The SMILES string of the molecule is CCN(CC)CC[n+]1c(N)n(CCOc2ccc(Cl)cc2Cl)c2ccccc21. The van der Waals surface area contributed by atoms with Gasteiger partial charge in [-0.2, -0.15) is 0 Å². The third-order valence-corrected chi connectivity index (χ3v) is 5.55. The second kappa shape index (κ2) is 9.50. The molecule has 0 saturated carbocycles. The Morgan fingerprint density at radius 1 is 1.11 bits per heavy atom.